The molecule has 64 valence electrons. The van der Waals surface area contributed by atoms with Crippen molar-refractivity contribution >= 4 is 5.78 Å². The average molecular weight is 156 g/mol. The molecule has 0 spiro atoms. The Balaban J connectivity index is 2.00. The quantitative estimate of drug-likeness (QED) is 0.449. The standard InChI is InChI=1S/C9H16O2/c1-3-4-5-6-8-9(11-8)7(2)10/h8-9H,3-6H2,1-2H3/t8-,9+/m0/s1. The van der Waals surface area contributed by atoms with Crippen molar-refractivity contribution in [3.63, 3.8) is 0 Å². The smallest absolute Gasteiger partial charge is 0.161 e. The zero-order valence-corrected chi connectivity index (χ0v) is 7.30. The largest absolute Gasteiger partial charge is 0.361 e. The van der Waals surface area contributed by atoms with Crippen molar-refractivity contribution in [3.8, 4) is 0 Å². The van der Waals surface area contributed by atoms with Crippen LogP contribution in [-0.2, 0) is 9.53 Å². The number of epoxide rings is 1. The van der Waals surface area contributed by atoms with Gasteiger partial charge in [0.1, 0.15) is 6.10 Å². The number of ether oxygens (including phenoxy) is 1. The highest BCUT2D eigenvalue weighted by Gasteiger charge is 2.41. The first kappa shape index (κ1) is 8.72. The first-order valence-corrected chi connectivity index (χ1v) is 4.41. The summed E-state index contributed by atoms with van der Waals surface area (Å²) in [5.74, 6) is 0.187. The number of hydrogen-bond donors (Lipinski definition) is 0. The minimum atomic E-state index is -0.0492. The van der Waals surface area contributed by atoms with Crippen LogP contribution in [-0.4, -0.2) is 18.0 Å². The molecule has 0 aromatic carbocycles. The molecule has 0 radical (unpaired) electrons. The second-order valence-electron chi connectivity index (χ2n) is 3.20. The molecule has 11 heavy (non-hydrogen) atoms. The molecule has 2 atom stereocenters. The number of carbonyl (C=O) groups is 1. The number of Topliss-reactive ketones (excluding diaryl/α,β-unsaturated/α-hetero) is 1. The SMILES string of the molecule is CCCCC[C@@H]1O[C@@H]1C(C)=O. The molecular weight excluding hydrogens is 140 g/mol. The van der Waals surface area contributed by atoms with Gasteiger partial charge in [-0.05, 0) is 13.3 Å². The molecule has 0 amide bonds. The summed E-state index contributed by atoms with van der Waals surface area (Å²) in [7, 11) is 0. The fourth-order valence-electron chi connectivity index (χ4n) is 1.32. The minimum Gasteiger partial charge on any atom is -0.361 e. The summed E-state index contributed by atoms with van der Waals surface area (Å²) >= 11 is 0. The van der Waals surface area contributed by atoms with Gasteiger partial charge in [0.25, 0.3) is 0 Å². The summed E-state index contributed by atoms with van der Waals surface area (Å²) in [5, 5.41) is 0. The topological polar surface area (TPSA) is 29.6 Å². The molecule has 2 nitrogen and oxygen atoms in total. The van der Waals surface area contributed by atoms with Crippen molar-refractivity contribution in [2.75, 3.05) is 0 Å². The Labute approximate surface area is 67.9 Å². The third-order valence-corrected chi connectivity index (χ3v) is 2.08. The van der Waals surface area contributed by atoms with E-state index in [1.807, 2.05) is 0 Å². The first-order chi connectivity index (χ1) is 5.25. The number of carbonyl (C=O) groups excluding carboxylic acids is 1. The molecule has 0 aliphatic carbocycles. The maximum absolute atomic E-state index is 10.7. The number of unbranched alkanes of at least 4 members (excludes halogenated alkanes) is 2. The van der Waals surface area contributed by atoms with Crippen LogP contribution in [0.3, 0.4) is 0 Å². The molecule has 1 aliphatic heterocycles. The summed E-state index contributed by atoms with van der Waals surface area (Å²) in [6, 6.07) is 0. The molecule has 0 bridgehead atoms. The fourth-order valence-corrected chi connectivity index (χ4v) is 1.32. The molecule has 1 saturated heterocycles. The normalized spacial score (nSPS) is 28.5. The summed E-state index contributed by atoms with van der Waals surface area (Å²) in [4.78, 5) is 10.7. The molecule has 1 aliphatic rings. The van der Waals surface area contributed by atoms with Gasteiger partial charge in [-0.3, -0.25) is 4.79 Å². The Hall–Kier alpha value is -0.370. The molecule has 0 aromatic rings. The van der Waals surface area contributed by atoms with Gasteiger partial charge in [0.15, 0.2) is 5.78 Å². The zero-order chi connectivity index (χ0) is 8.27. The number of ketones is 1. The van der Waals surface area contributed by atoms with E-state index in [1.54, 1.807) is 6.92 Å². The van der Waals surface area contributed by atoms with E-state index in [9.17, 15) is 4.79 Å². The Morgan fingerprint density at radius 2 is 2.18 bits per heavy atom. The Bertz CT molecular complexity index is 142. The molecule has 1 rings (SSSR count). The van der Waals surface area contributed by atoms with Crippen LogP contribution in [0.2, 0.25) is 0 Å². The zero-order valence-electron chi connectivity index (χ0n) is 7.30. The van der Waals surface area contributed by atoms with E-state index in [0.717, 1.165) is 6.42 Å². The van der Waals surface area contributed by atoms with Crippen LogP contribution in [0.4, 0.5) is 0 Å². The first-order valence-electron chi connectivity index (χ1n) is 4.41. The Morgan fingerprint density at radius 3 is 2.64 bits per heavy atom. The van der Waals surface area contributed by atoms with E-state index in [1.165, 1.54) is 19.3 Å². The second kappa shape index (κ2) is 3.86. The minimum absolute atomic E-state index is 0.0492. The van der Waals surface area contributed by atoms with Crippen LogP contribution in [0.25, 0.3) is 0 Å². The molecule has 0 N–H and O–H groups in total. The van der Waals surface area contributed by atoms with E-state index in [4.69, 9.17) is 4.74 Å². The van der Waals surface area contributed by atoms with Crippen LogP contribution < -0.4 is 0 Å². The lowest BCUT2D eigenvalue weighted by Gasteiger charge is -1.92. The molecule has 0 saturated carbocycles. The van der Waals surface area contributed by atoms with Gasteiger partial charge in [-0.2, -0.15) is 0 Å². The van der Waals surface area contributed by atoms with Crippen molar-refractivity contribution in [1.29, 1.82) is 0 Å². The maximum Gasteiger partial charge on any atom is 0.161 e. The molecule has 0 aromatic heterocycles. The third kappa shape index (κ3) is 2.62. The molecule has 1 fully saturated rings. The summed E-state index contributed by atoms with van der Waals surface area (Å²) in [5.41, 5.74) is 0. The van der Waals surface area contributed by atoms with Crippen LogP contribution in [0.5, 0.6) is 0 Å². The van der Waals surface area contributed by atoms with Gasteiger partial charge >= 0.3 is 0 Å². The van der Waals surface area contributed by atoms with Gasteiger partial charge < -0.3 is 4.74 Å². The Kier molecular flexibility index (Phi) is 3.06. The van der Waals surface area contributed by atoms with E-state index in [-0.39, 0.29) is 18.0 Å². The lowest BCUT2D eigenvalue weighted by atomic mass is 10.1. The molecule has 1 heterocycles. The second-order valence-corrected chi connectivity index (χ2v) is 3.20. The Morgan fingerprint density at radius 1 is 1.45 bits per heavy atom. The van der Waals surface area contributed by atoms with Crippen LogP contribution in [0, 0.1) is 0 Å². The van der Waals surface area contributed by atoms with Gasteiger partial charge in [-0.25, -0.2) is 0 Å². The van der Waals surface area contributed by atoms with E-state index < -0.39 is 0 Å². The van der Waals surface area contributed by atoms with Gasteiger partial charge in [-0.1, -0.05) is 26.2 Å². The van der Waals surface area contributed by atoms with Crippen LogP contribution >= 0.6 is 0 Å². The van der Waals surface area contributed by atoms with Gasteiger partial charge in [0.2, 0.25) is 0 Å². The lowest BCUT2D eigenvalue weighted by molar-refractivity contribution is -0.118. The van der Waals surface area contributed by atoms with E-state index in [2.05, 4.69) is 6.92 Å². The fraction of sp³-hybridized carbons (Fsp3) is 0.889. The number of hydrogen-bond acceptors (Lipinski definition) is 2. The third-order valence-electron chi connectivity index (χ3n) is 2.08. The van der Waals surface area contributed by atoms with Crippen molar-refractivity contribution in [3.05, 3.63) is 0 Å². The van der Waals surface area contributed by atoms with Gasteiger partial charge in [0, 0.05) is 0 Å². The van der Waals surface area contributed by atoms with Crippen LogP contribution in [0.15, 0.2) is 0 Å². The van der Waals surface area contributed by atoms with Crippen molar-refractivity contribution in [2.24, 2.45) is 0 Å². The molecule has 0 unspecified atom stereocenters. The van der Waals surface area contributed by atoms with Gasteiger partial charge in [-0.15, -0.1) is 0 Å². The lowest BCUT2D eigenvalue weighted by Crippen LogP contribution is -2.04. The van der Waals surface area contributed by atoms with Crippen molar-refractivity contribution in [2.45, 2.75) is 51.7 Å². The molecular formula is C9H16O2. The van der Waals surface area contributed by atoms with E-state index in [0.29, 0.717) is 0 Å². The monoisotopic (exact) mass is 156 g/mol. The van der Waals surface area contributed by atoms with E-state index >= 15 is 0 Å². The summed E-state index contributed by atoms with van der Waals surface area (Å²) in [6.07, 6.45) is 4.97. The maximum atomic E-state index is 10.7. The van der Waals surface area contributed by atoms with Crippen molar-refractivity contribution in [1.82, 2.24) is 0 Å². The highest BCUT2D eigenvalue weighted by atomic mass is 16.6. The predicted molar refractivity (Wildman–Crippen MR) is 43.5 cm³/mol. The number of rotatable bonds is 5. The van der Waals surface area contributed by atoms with Crippen molar-refractivity contribution < 1.29 is 9.53 Å². The average Bonchev–Trinajstić information content (AvgIpc) is 2.68. The molecule has 2 heteroatoms. The highest BCUT2D eigenvalue weighted by Crippen LogP contribution is 2.27. The highest BCUT2D eigenvalue weighted by molar-refractivity contribution is 5.83. The summed E-state index contributed by atoms with van der Waals surface area (Å²) in [6.45, 7) is 3.78. The van der Waals surface area contributed by atoms with Crippen LogP contribution in [0.1, 0.15) is 39.5 Å². The summed E-state index contributed by atoms with van der Waals surface area (Å²) < 4.78 is 5.18. The predicted octanol–water partition coefficient (Wildman–Crippen LogP) is 1.92. The van der Waals surface area contributed by atoms with Gasteiger partial charge in [0.05, 0.1) is 6.10 Å².